The smallest absolute Gasteiger partial charge is 0.224 e. The highest BCUT2D eigenvalue weighted by Crippen LogP contribution is 2.10. The van der Waals surface area contributed by atoms with Crippen LogP contribution in [-0.4, -0.2) is 15.9 Å². The van der Waals surface area contributed by atoms with E-state index in [0.717, 1.165) is 22.2 Å². The van der Waals surface area contributed by atoms with Crippen LogP contribution >= 0.6 is 0 Å². The minimum atomic E-state index is 0.0143. The number of rotatable bonds is 4. The summed E-state index contributed by atoms with van der Waals surface area (Å²) in [6, 6.07) is 15.5. The number of amides is 1. The van der Waals surface area contributed by atoms with Crippen LogP contribution in [0, 0.1) is 0 Å². The van der Waals surface area contributed by atoms with E-state index in [-0.39, 0.29) is 5.91 Å². The van der Waals surface area contributed by atoms with Crippen molar-refractivity contribution in [3.63, 3.8) is 0 Å². The molecular formula is C17H15N3O. The Morgan fingerprint density at radius 2 is 1.67 bits per heavy atom. The monoisotopic (exact) mass is 277 g/mol. The number of nitrogens with zero attached hydrogens (tertiary/aromatic N) is 2. The van der Waals surface area contributed by atoms with E-state index >= 15 is 0 Å². The second-order valence-electron chi connectivity index (χ2n) is 4.82. The molecule has 1 amide bonds. The number of hydrogen-bond acceptors (Lipinski definition) is 3. The number of carbonyl (C=O) groups is 1. The van der Waals surface area contributed by atoms with Crippen molar-refractivity contribution in [2.24, 2.45) is 0 Å². The van der Waals surface area contributed by atoms with E-state index in [9.17, 15) is 4.79 Å². The molecule has 4 heteroatoms. The third-order valence-corrected chi connectivity index (χ3v) is 3.23. The Morgan fingerprint density at radius 3 is 2.48 bits per heavy atom. The molecule has 0 aliphatic heterocycles. The Labute approximate surface area is 122 Å². The fraction of sp³-hybridized carbons (Fsp3) is 0.118. The Kier molecular flexibility index (Phi) is 3.87. The Balaban J connectivity index is 1.62. The first-order valence-corrected chi connectivity index (χ1v) is 6.81. The number of benzene rings is 2. The molecule has 3 aromatic rings. The van der Waals surface area contributed by atoms with Crippen molar-refractivity contribution >= 4 is 16.9 Å². The molecule has 0 aliphatic carbocycles. The zero-order chi connectivity index (χ0) is 14.5. The standard InChI is InChI=1S/C17H15N3O/c21-17(11-13-4-2-1-3-5-13)20-12-14-6-7-15-16(10-14)19-9-8-18-15/h1-10H,11-12H2,(H,20,21). The summed E-state index contributed by atoms with van der Waals surface area (Å²) in [6.45, 7) is 0.498. The molecule has 1 N–H and O–H groups in total. The SMILES string of the molecule is O=C(Cc1ccccc1)NCc1ccc2nccnc2c1. The van der Waals surface area contributed by atoms with Gasteiger partial charge in [-0.15, -0.1) is 0 Å². The van der Waals surface area contributed by atoms with Crippen molar-refractivity contribution in [1.29, 1.82) is 0 Å². The van der Waals surface area contributed by atoms with Gasteiger partial charge < -0.3 is 5.32 Å². The first-order valence-electron chi connectivity index (χ1n) is 6.81. The Morgan fingerprint density at radius 1 is 0.905 bits per heavy atom. The molecule has 0 unspecified atom stereocenters. The third kappa shape index (κ3) is 3.42. The van der Waals surface area contributed by atoms with E-state index in [0.29, 0.717) is 13.0 Å². The molecule has 1 heterocycles. The highest BCUT2D eigenvalue weighted by Gasteiger charge is 2.04. The van der Waals surface area contributed by atoms with Gasteiger partial charge >= 0.3 is 0 Å². The summed E-state index contributed by atoms with van der Waals surface area (Å²) >= 11 is 0. The lowest BCUT2D eigenvalue weighted by atomic mass is 10.1. The lowest BCUT2D eigenvalue weighted by Gasteiger charge is -2.06. The molecule has 1 aromatic heterocycles. The van der Waals surface area contributed by atoms with Crippen molar-refractivity contribution in [2.75, 3.05) is 0 Å². The molecule has 0 fully saturated rings. The quantitative estimate of drug-likeness (QED) is 0.797. The van der Waals surface area contributed by atoms with Gasteiger partial charge in [0.05, 0.1) is 17.5 Å². The van der Waals surface area contributed by atoms with Gasteiger partial charge in [0.1, 0.15) is 0 Å². The highest BCUT2D eigenvalue weighted by molar-refractivity contribution is 5.79. The van der Waals surface area contributed by atoms with E-state index in [1.165, 1.54) is 0 Å². The normalized spacial score (nSPS) is 10.5. The zero-order valence-corrected chi connectivity index (χ0v) is 11.5. The molecule has 0 spiro atoms. The van der Waals surface area contributed by atoms with Crippen molar-refractivity contribution in [3.05, 3.63) is 72.1 Å². The summed E-state index contributed by atoms with van der Waals surface area (Å²) in [6.07, 6.45) is 3.73. The summed E-state index contributed by atoms with van der Waals surface area (Å²) in [5.74, 6) is 0.0143. The van der Waals surface area contributed by atoms with Gasteiger partial charge in [-0.25, -0.2) is 0 Å². The van der Waals surface area contributed by atoms with Gasteiger partial charge in [0.25, 0.3) is 0 Å². The number of carbonyl (C=O) groups excluding carboxylic acids is 1. The average molecular weight is 277 g/mol. The summed E-state index contributed by atoms with van der Waals surface area (Å²) in [5.41, 5.74) is 3.73. The van der Waals surface area contributed by atoms with Crippen LogP contribution in [0.4, 0.5) is 0 Å². The van der Waals surface area contributed by atoms with Crippen LogP contribution in [-0.2, 0) is 17.8 Å². The predicted molar refractivity (Wildman–Crippen MR) is 81.5 cm³/mol. The molecule has 0 bridgehead atoms. The fourth-order valence-electron chi connectivity index (χ4n) is 2.16. The van der Waals surface area contributed by atoms with Gasteiger partial charge in [0.2, 0.25) is 5.91 Å². The number of aromatic nitrogens is 2. The maximum absolute atomic E-state index is 11.9. The van der Waals surface area contributed by atoms with Gasteiger partial charge in [-0.3, -0.25) is 14.8 Å². The number of nitrogens with one attached hydrogen (secondary N) is 1. The first-order chi connectivity index (χ1) is 10.3. The summed E-state index contributed by atoms with van der Waals surface area (Å²) in [5, 5.41) is 2.93. The first kappa shape index (κ1) is 13.2. The highest BCUT2D eigenvalue weighted by atomic mass is 16.1. The van der Waals surface area contributed by atoms with Crippen LogP contribution in [0.1, 0.15) is 11.1 Å². The topological polar surface area (TPSA) is 54.9 Å². The van der Waals surface area contributed by atoms with E-state index in [4.69, 9.17) is 0 Å². The lowest BCUT2D eigenvalue weighted by Crippen LogP contribution is -2.24. The molecule has 0 saturated carbocycles. The average Bonchev–Trinajstić information content (AvgIpc) is 2.54. The molecule has 4 nitrogen and oxygen atoms in total. The molecule has 0 radical (unpaired) electrons. The van der Waals surface area contributed by atoms with Crippen LogP contribution in [0.3, 0.4) is 0 Å². The Bertz CT molecular complexity index is 756. The van der Waals surface area contributed by atoms with Gasteiger partial charge in [0, 0.05) is 18.9 Å². The molecule has 0 atom stereocenters. The van der Waals surface area contributed by atoms with Crippen LogP contribution in [0.2, 0.25) is 0 Å². The van der Waals surface area contributed by atoms with Crippen molar-refractivity contribution in [3.8, 4) is 0 Å². The van der Waals surface area contributed by atoms with Crippen molar-refractivity contribution in [1.82, 2.24) is 15.3 Å². The van der Waals surface area contributed by atoms with Gasteiger partial charge in [0.15, 0.2) is 0 Å². The van der Waals surface area contributed by atoms with E-state index in [2.05, 4.69) is 15.3 Å². The van der Waals surface area contributed by atoms with E-state index in [1.807, 2.05) is 48.5 Å². The van der Waals surface area contributed by atoms with Gasteiger partial charge in [-0.05, 0) is 23.3 Å². The van der Waals surface area contributed by atoms with Crippen LogP contribution in [0.5, 0.6) is 0 Å². The third-order valence-electron chi connectivity index (χ3n) is 3.23. The van der Waals surface area contributed by atoms with Crippen LogP contribution in [0.25, 0.3) is 11.0 Å². The van der Waals surface area contributed by atoms with E-state index < -0.39 is 0 Å². The van der Waals surface area contributed by atoms with Gasteiger partial charge in [-0.1, -0.05) is 36.4 Å². The number of fused-ring (bicyclic) bond motifs is 1. The summed E-state index contributed by atoms with van der Waals surface area (Å²) in [4.78, 5) is 20.4. The molecule has 2 aromatic carbocycles. The number of hydrogen-bond donors (Lipinski definition) is 1. The predicted octanol–water partition coefficient (Wildman–Crippen LogP) is 2.49. The lowest BCUT2D eigenvalue weighted by molar-refractivity contribution is -0.120. The largest absolute Gasteiger partial charge is 0.352 e. The Hall–Kier alpha value is -2.75. The summed E-state index contributed by atoms with van der Waals surface area (Å²) < 4.78 is 0. The minimum absolute atomic E-state index is 0.0143. The molecule has 0 aliphatic rings. The molecular weight excluding hydrogens is 262 g/mol. The van der Waals surface area contributed by atoms with Crippen LogP contribution in [0.15, 0.2) is 60.9 Å². The van der Waals surface area contributed by atoms with Crippen LogP contribution < -0.4 is 5.32 Å². The second-order valence-corrected chi connectivity index (χ2v) is 4.82. The minimum Gasteiger partial charge on any atom is -0.352 e. The van der Waals surface area contributed by atoms with Crippen molar-refractivity contribution < 1.29 is 4.79 Å². The van der Waals surface area contributed by atoms with E-state index in [1.54, 1.807) is 12.4 Å². The fourth-order valence-corrected chi connectivity index (χ4v) is 2.16. The van der Waals surface area contributed by atoms with Gasteiger partial charge in [-0.2, -0.15) is 0 Å². The van der Waals surface area contributed by atoms with Crippen molar-refractivity contribution in [2.45, 2.75) is 13.0 Å². The summed E-state index contributed by atoms with van der Waals surface area (Å²) in [7, 11) is 0. The molecule has 104 valence electrons. The molecule has 3 rings (SSSR count). The second kappa shape index (κ2) is 6.13. The zero-order valence-electron chi connectivity index (χ0n) is 11.5. The molecule has 21 heavy (non-hydrogen) atoms. The maximum atomic E-state index is 11.9. The maximum Gasteiger partial charge on any atom is 0.224 e. The molecule has 0 saturated heterocycles.